The topological polar surface area (TPSA) is 42.0 Å². The van der Waals surface area contributed by atoms with Crippen molar-refractivity contribution in [2.24, 2.45) is 0 Å². The monoisotopic (exact) mass is 332 g/mol. The molecule has 4 heteroatoms. The van der Waals surface area contributed by atoms with Crippen molar-refractivity contribution in [2.75, 3.05) is 5.32 Å². The van der Waals surface area contributed by atoms with Crippen LogP contribution in [-0.2, 0) is 11.2 Å². The normalized spacial score (nSPS) is 10.3. The molecule has 2 rings (SSSR count). The number of aryl methyl sites for hydroxylation is 2. The number of carbonyl (C=O) groups is 1. The number of anilines is 1. The average Bonchev–Trinajstić information content (AvgIpc) is 2.41. The second-order valence-electron chi connectivity index (χ2n) is 4.75. The SMILES string of the molecule is Cc1ccc(CCCC(=O)Nc2cc(Br)ccn2)cc1. The Morgan fingerprint density at radius 2 is 2.00 bits per heavy atom. The van der Waals surface area contributed by atoms with E-state index in [1.807, 2.05) is 6.07 Å². The minimum absolute atomic E-state index is 0.00251. The number of aromatic nitrogens is 1. The Morgan fingerprint density at radius 3 is 2.70 bits per heavy atom. The Labute approximate surface area is 127 Å². The van der Waals surface area contributed by atoms with Crippen LogP contribution in [0.3, 0.4) is 0 Å². The minimum atomic E-state index is 0.00251. The number of nitrogens with one attached hydrogen (secondary N) is 1. The fourth-order valence-electron chi connectivity index (χ4n) is 1.89. The molecule has 2 aromatic rings. The molecule has 0 bridgehead atoms. The third-order valence-corrected chi connectivity index (χ3v) is 3.47. The number of pyridine rings is 1. The van der Waals surface area contributed by atoms with Gasteiger partial charge in [0, 0.05) is 17.1 Å². The molecule has 104 valence electrons. The maximum absolute atomic E-state index is 11.8. The fraction of sp³-hybridized carbons (Fsp3) is 0.250. The van der Waals surface area contributed by atoms with E-state index in [1.165, 1.54) is 11.1 Å². The third-order valence-electron chi connectivity index (χ3n) is 2.98. The first kappa shape index (κ1) is 14.7. The minimum Gasteiger partial charge on any atom is -0.311 e. The number of hydrogen-bond donors (Lipinski definition) is 1. The largest absolute Gasteiger partial charge is 0.311 e. The van der Waals surface area contributed by atoms with Gasteiger partial charge in [0.05, 0.1) is 0 Å². The second kappa shape index (κ2) is 7.20. The smallest absolute Gasteiger partial charge is 0.225 e. The Balaban J connectivity index is 1.76. The summed E-state index contributed by atoms with van der Waals surface area (Å²) in [6.07, 6.45) is 3.91. The van der Waals surface area contributed by atoms with Crippen LogP contribution in [0, 0.1) is 6.92 Å². The van der Waals surface area contributed by atoms with E-state index in [1.54, 1.807) is 12.3 Å². The highest BCUT2D eigenvalue weighted by atomic mass is 79.9. The lowest BCUT2D eigenvalue weighted by Gasteiger charge is -2.05. The average molecular weight is 333 g/mol. The van der Waals surface area contributed by atoms with Crippen LogP contribution in [0.4, 0.5) is 5.82 Å². The van der Waals surface area contributed by atoms with Crippen molar-refractivity contribution < 1.29 is 4.79 Å². The van der Waals surface area contributed by atoms with E-state index in [9.17, 15) is 4.79 Å². The zero-order valence-electron chi connectivity index (χ0n) is 11.4. The Bertz CT molecular complexity index is 581. The number of amides is 1. The van der Waals surface area contributed by atoms with Crippen LogP contribution in [0.25, 0.3) is 0 Å². The first-order valence-corrected chi connectivity index (χ1v) is 7.40. The molecule has 1 amide bonds. The molecule has 0 saturated carbocycles. The van der Waals surface area contributed by atoms with Crippen LogP contribution in [-0.4, -0.2) is 10.9 Å². The first-order chi connectivity index (χ1) is 9.63. The van der Waals surface area contributed by atoms with Crippen molar-refractivity contribution in [2.45, 2.75) is 26.2 Å². The van der Waals surface area contributed by atoms with Gasteiger partial charge in [0.2, 0.25) is 5.91 Å². The predicted molar refractivity (Wildman–Crippen MR) is 84.7 cm³/mol. The van der Waals surface area contributed by atoms with Gasteiger partial charge in [-0.15, -0.1) is 0 Å². The molecule has 3 nitrogen and oxygen atoms in total. The summed E-state index contributed by atoms with van der Waals surface area (Å²) in [6, 6.07) is 12.0. The molecular formula is C16H17BrN2O. The summed E-state index contributed by atoms with van der Waals surface area (Å²) in [5.41, 5.74) is 2.52. The molecule has 0 fully saturated rings. The van der Waals surface area contributed by atoms with Gasteiger partial charge in [-0.3, -0.25) is 4.79 Å². The summed E-state index contributed by atoms with van der Waals surface area (Å²) >= 11 is 3.35. The molecule has 0 aliphatic heterocycles. The summed E-state index contributed by atoms with van der Waals surface area (Å²) in [6.45, 7) is 2.07. The molecule has 0 saturated heterocycles. The van der Waals surface area contributed by atoms with Gasteiger partial charge in [0.15, 0.2) is 0 Å². The molecule has 1 aromatic heterocycles. The van der Waals surface area contributed by atoms with Gasteiger partial charge in [-0.25, -0.2) is 4.98 Å². The molecule has 1 aromatic carbocycles. The molecule has 0 aliphatic carbocycles. The van der Waals surface area contributed by atoms with E-state index in [0.717, 1.165) is 17.3 Å². The summed E-state index contributed by atoms with van der Waals surface area (Å²) in [4.78, 5) is 15.9. The Morgan fingerprint density at radius 1 is 1.25 bits per heavy atom. The summed E-state index contributed by atoms with van der Waals surface area (Å²) in [5, 5.41) is 2.80. The van der Waals surface area contributed by atoms with Gasteiger partial charge < -0.3 is 5.32 Å². The van der Waals surface area contributed by atoms with E-state index in [0.29, 0.717) is 12.2 Å². The highest BCUT2D eigenvalue weighted by Gasteiger charge is 2.04. The van der Waals surface area contributed by atoms with E-state index in [4.69, 9.17) is 0 Å². The zero-order valence-corrected chi connectivity index (χ0v) is 13.0. The van der Waals surface area contributed by atoms with Crippen LogP contribution < -0.4 is 5.32 Å². The molecule has 0 aliphatic rings. The summed E-state index contributed by atoms with van der Waals surface area (Å²) in [5.74, 6) is 0.586. The lowest BCUT2D eigenvalue weighted by Crippen LogP contribution is -2.12. The van der Waals surface area contributed by atoms with Crippen LogP contribution in [0.1, 0.15) is 24.0 Å². The number of halogens is 1. The third kappa shape index (κ3) is 4.78. The lowest BCUT2D eigenvalue weighted by atomic mass is 10.1. The van der Waals surface area contributed by atoms with Gasteiger partial charge in [0.25, 0.3) is 0 Å². The van der Waals surface area contributed by atoms with Crippen molar-refractivity contribution in [3.63, 3.8) is 0 Å². The standard InChI is InChI=1S/C16H17BrN2O/c1-12-5-7-13(8-6-12)3-2-4-16(20)19-15-11-14(17)9-10-18-15/h5-11H,2-4H2,1H3,(H,18,19,20). The summed E-state index contributed by atoms with van der Waals surface area (Å²) < 4.78 is 0.905. The van der Waals surface area contributed by atoms with Crippen molar-refractivity contribution in [1.82, 2.24) is 4.98 Å². The summed E-state index contributed by atoms with van der Waals surface area (Å²) in [7, 11) is 0. The van der Waals surface area contributed by atoms with Crippen molar-refractivity contribution in [1.29, 1.82) is 0 Å². The fourth-order valence-corrected chi connectivity index (χ4v) is 2.22. The Hall–Kier alpha value is -1.68. The molecule has 1 N–H and O–H groups in total. The van der Waals surface area contributed by atoms with Gasteiger partial charge in [-0.1, -0.05) is 45.8 Å². The van der Waals surface area contributed by atoms with Crippen molar-refractivity contribution in [3.8, 4) is 0 Å². The molecule has 0 spiro atoms. The maximum Gasteiger partial charge on any atom is 0.225 e. The van der Waals surface area contributed by atoms with Gasteiger partial charge in [-0.2, -0.15) is 0 Å². The van der Waals surface area contributed by atoms with Crippen molar-refractivity contribution >= 4 is 27.7 Å². The molecule has 0 radical (unpaired) electrons. The van der Waals surface area contributed by atoms with E-state index in [-0.39, 0.29) is 5.91 Å². The van der Waals surface area contributed by atoms with E-state index < -0.39 is 0 Å². The van der Waals surface area contributed by atoms with Crippen LogP contribution in [0.5, 0.6) is 0 Å². The molecule has 0 atom stereocenters. The predicted octanol–water partition coefficient (Wildman–Crippen LogP) is 4.11. The number of nitrogens with zero attached hydrogens (tertiary/aromatic N) is 1. The van der Waals surface area contributed by atoms with Crippen LogP contribution in [0.2, 0.25) is 0 Å². The molecule has 0 unspecified atom stereocenters. The number of carbonyl (C=O) groups excluding carboxylic acids is 1. The van der Waals surface area contributed by atoms with Gasteiger partial charge in [0.1, 0.15) is 5.82 Å². The molecule has 20 heavy (non-hydrogen) atoms. The van der Waals surface area contributed by atoms with Gasteiger partial charge in [-0.05, 0) is 37.5 Å². The Kier molecular flexibility index (Phi) is 5.30. The number of rotatable bonds is 5. The molecular weight excluding hydrogens is 316 g/mol. The van der Waals surface area contributed by atoms with Crippen LogP contribution >= 0.6 is 15.9 Å². The second-order valence-corrected chi connectivity index (χ2v) is 5.66. The zero-order chi connectivity index (χ0) is 14.4. The van der Waals surface area contributed by atoms with Crippen LogP contribution in [0.15, 0.2) is 47.1 Å². The first-order valence-electron chi connectivity index (χ1n) is 6.60. The quantitative estimate of drug-likeness (QED) is 0.894. The highest BCUT2D eigenvalue weighted by Crippen LogP contribution is 2.13. The lowest BCUT2D eigenvalue weighted by molar-refractivity contribution is -0.116. The maximum atomic E-state index is 11.8. The molecule has 1 heterocycles. The van der Waals surface area contributed by atoms with Gasteiger partial charge >= 0.3 is 0 Å². The highest BCUT2D eigenvalue weighted by molar-refractivity contribution is 9.10. The van der Waals surface area contributed by atoms with Crippen molar-refractivity contribution in [3.05, 3.63) is 58.2 Å². The van der Waals surface area contributed by atoms with E-state index in [2.05, 4.69) is 57.4 Å². The number of benzene rings is 1. The van der Waals surface area contributed by atoms with E-state index >= 15 is 0 Å². The number of hydrogen-bond acceptors (Lipinski definition) is 2.